The Balaban J connectivity index is 1.70. The van der Waals surface area contributed by atoms with E-state index in [-0.39, 0.29) is 23.8 Å². The number of amides is 1. The van der Waals surface area contributed by atoms with Gasteiger partial charge in [0, 0.05) is 12.5 Å². The highest BCUT2D eigenvalue weighted by molar-refractivity contribution is 7.90. The van der Waals surface area contributed by atoms with Crippen LogP contribution in [-0.4, -0.2) is 37.7 Å². The number of nitrogens with zero attached hydrogens (tertiary/aromatic N) is 3. The number of hydrogen-bond acceptors (Lipinski definition) is 7. The Hall–Kier alpha value is -3.30. The summed E-state index contributed by atoms with van der Waals surface area (Å²) in [5, 5.41) is 0.556. The molecule has 0 N–H and O–H groups in total. The highest BCUT2D eigenvalue weighted by Gasteiger charge is 2.23. The van der Waals surface area contributed by atoms with E-state index in [9.17, 15) is 13.2 Å². The maximum atomic E-state index is 13.4. The second kappa shape index (κ2) is 9.29. The van der Waals surface area contributed by atoms with E-state index in [1.54, 1.807) is 30.3 Å². The minimum atomic E-state index is -3.30. The maximum Gasteiger partial charge on any atom is 0.233 e. The summed E-state index contributed by atoms with van der Waals surface area (Å²) in [6.45, 7) is 2.26. The monoisotopic (exact) mass is 481 g/mol. The normalized spacial score (nSPS) is 11.5. The van der Waals surface area contributed by atoms with Crippen molar-refractivity contribution in [2.75, 3.05) is 18.3 Å². The number of aryl methyl sites for hydroxylation is 1. The molecule has 0 saturated carbocycles. The zero-order valence-electron chi connectivity index (χ0n) is 18.5. The molecule has 0 aliphatic rings. The molecule has 0 atom stereocenters. The van der Waals surface area contributed by atoms with Gasteiger partial charge in [-0.1, -0.05) is 35.6 Å². The number of ether oxygens (including phenoxy) is 1. The first-order valence-corrected chi connectivity index (χ1v) is 12.9. The number of fused-ring (bicyclic) bond motifs is 1. The Labute approximate surface area is 196 Å². The van der Waals surface area contributed by atoms with E-state index in [1.807, 2.05) is 37.3 Å². The number of sulfone groups is 1. The zero-order valence-corrected chi connectivity index (χ0v) is 20.1. The van der Waals surface area contributed by atoms with Crippen molar-refractivity contribution in [2.45, 2.75) is 24.8 Å². The van der Waals surface area contributed by atoms with E-state index in [0.29, 0.717) is 22.0 Å². The highest BCUT2D eigenvalue weighted by Crippen LogP contribution is 2.37. The summed E-state index contributed by atoms with van der Waals surface area (Å²) in [6.07, 6.45) is 2.95. The summed E-state index contributed by atoms with van der Waals surface area (Å²) in [5.74, 6) is 0.489. The van der Waals surface area contributed by atoms with Crippen molar-refractivity contribution < 1.29 is 17.9 Å². The van der Waals surface area contributed by atoms with Crippen molar-refractivity contribution in [3.63, 3.8) is 0 Å². The third kappa shape index (κ3) is 5.04. The second-order valence-corrected chi connectivity index (χ2v) is 10.6. The molecule has 0 spiro atoms. The fourth-order valence-corrected chi connectivity index (χ4v) is 5.12. The Morgan fingerprint density at radius 3 is 2.48 bits per heavy atom. The molecule has 33 heavy (non-hydrogen) atoms. The van der Waals surface area contributed by atoms with Gasteiger partial charge in [0.25, 0.3) is 0 Å². The Morgan fingerprint density at radius 1 is 1.09 bits per heavy atom. The molecule has 1 amide bonds. The van der Waals surface area contributed by atoms with Crippen LogP contribution in [0.1, 0.15) is 16.8 Å². The average Bonchev–Trinajstić information content (AvgIpc) is 3.24. The van der Waals surface area contributed by atoms with Crippen molar-refractivity contribution in [1.82, 2.24) is 9.97 Å². The molecule has 0 saturated heterocycles. The van der Waals surface area contributed by atoms with Gasteiger partial charge in [-0.3, -0.25) is 14.7 Å². The van der Waals surface area contributed by atoms with E-state index < -0.39 is 9.84 Å². The molecule has 4 rings (SSSR count). The smallest absolute Gasteiger partial charge is 0.233 e. The van der Waals surface area contributed by atoms with E-state index in [2.05, 4.69) is 4.98 Å². The van der Waals surface area contributed by atoms with E-state index in [0.717, 1.165) is 22.2 Å². The number of pyridine rings is 1. The summed E-state index contributed by atoms with van der Waals surface area (Å²) in [7, 11) is -1.70. The van der Waals surface area contributed by atoms with Crippen molar-refractivity contribution >= 4 is 42.4 Å². The van der Waals surface area contributed by atoms with E-state index in [1.165, 1.54) is 23.5 Å². The summed E-state index contributed by atoms with van der Waals surface area (Å²) >= 11 is 1.43. The lowest BCUT2D eigenvalue weighted by atomic mass is 10.1. The van der Waals surface area contributed by atoms with Crippen LogP contribution in [-0.2, 0) is 27.6 Å². The number of thiazole rings is 1. The molecule has 0 radical (unpaired) electrons. The van der Waals surface area contributed by atoms with Crippen LogP contribution in [0.2, 0.25) is 0 Å². The first kappa shape index (κ1) is 22.9. The molecule has 0 aliphatic carbocycles. The lowest BCUT2D eigenvalue weighted by Gasteiger charge is -2.19. The van der Waals surface area contributed by atoms with Gasteiger partial charge in [-0.15, -0.1) is 0 Å². The van der Waals surface area contributed by atoms with E-state index in [4.69, 9.17) is 9.72 Å². The molecule has 4 aromatic rings. The summed E-state index contributed by atoms with van der Waals surface area (Å²) in [6, 6.07) is 15.8. The SMILES string of the molecule is COc1ccc(C)c2sc(N(Cc3ccccn3)C(=O)Cc3ccc(S(C)(=O)=O)cc3)nc12. The number of hydrogen-bond donors (Lipinski definition) is 0. The largest absolute Gasteiger partial charge is 0.494 e. The van der Waals surface area contributed by atoms with Crippen molar-refractivity contribution in [3.8, 4) is 5.75 Å². The second-order valence-electron chi connectivity index (χ2n) is 7.65. The minimum Gasteiger partial charge on any atom is -0.494 e. The van der Waals surface area contributed by atoms with E-state index >= 15 is 0 Å². The first-order valence-electron chi connectivity index (χ1n) is 10.2. The lowest BCUT2D eigenvalue weighted by molar-refractivity contribution is -0.118. The number of carbonyl (C=O) groups excluding carboxylic acids is 1. The van der Waals surface area contributed by atoms with Crippen molar-refractivity contribution in [1.29, 1.82) is 0 Å². The molecule has 170 valence electrons. The fraction of sp³-hybridized carbons (Fsp3) is 0.208. The van der Waals surface area contributed by atoms with Crippen LogP contribution >= 0.6 is 11.3 Å². The van der Waals surface area contributed by atoms with Gasteiger partial charge >= 0.3 is 0 Å². The summed E-state index contributed by atoms with van der Waals surface area (Å²) in [5.41, 5.74) is 3.22. The summed E-state index contributed by atoms with van der Waals surface area (Å²) in [4.78, 5) is 24.4. The summed E-state index contributed by atoms with van der Waals surface area (Å²) < 4.78 is 29.9. The van der Waals surface area contributed by atoms with Gasteiger partial charge < -0.3 is 4.74 Å². The molecular weight excluding hydrogens is 458 g/mol. The van der Waals surface area contributed by atoms with Crippen LogP contribution in [0, 0.1) is 6.92 Å². The number of aromatic nitrogens is 2. The van der Waals surface area contributed by atoms with Crippen LogP contribution in [0.3, 0.4) is 0 Å². The molecule has 0 aliphatic heterocycles. The van der Waals surface area contributed by atoms with Gasteiger partial charge in [-0.2, -0.15) is 0 Å². The van der Waals surface area contributed by atoms with Crippen LogP contribution in [0.25, 0.3) is 10.2 Å². The van der Waals surface area contributed by atoms with Crippen molar-refractivity contribution in [2.24, 2.45) is 0 Å². The predicted molar refractivity (Wildman–Crippen MR) is 130 cm³/mol. The molecule has 0 bridgehead atoms. The Morgan fingerprint density at radius 2 is 1.85 bits per heavy atom. The van der Waals surface area contributed by atoms with Gasteiger partial charge in [-0.05, 0) is 48.4 Å². The van der Waals surface area contributed by atoms with Crippen LogP contribution in [0.5, 0.6) is 5.75 Å². The number of methoxy groups -OCH3 is 1. The topological polar surface area (TPSA) is 89.5 Å². The molecular formula is C24H23N3O4S2. The van der Waals surface area contributed by atoms with Gasteiger partial charge in [0.05, 0.1) is 35.4 Å². The molecule has 9 heteroatoms. The number of benzene rings is 2. The molecule has 0 fully saturated rings. The predicted octanol–water partition coefficient (Wildman–Crippen LogP) is 4.19. The fourth-order valence-electron chi connectivity index (χ4n) is 3.42. The maximum absolute atomic E-state index is 13.4. The van der Waals surface area contributed by atoms with Gasteiger partial charge in [-0.25, -0.2) is 13.4 Å². The number of anilines is 1. The number of carbonyl (C=O) groups is 1. The first-order chi connectivity index (χ1) is 15.8. The zero-order chi connectivity index (χ0) is 23.6. The molecule has 2 heterocycles. The molecule has 7 nitrogen and oxygen atoms in total. The van der Waals surface area contributed by atoms with Crippen LogP contribution in [0.15, 0.2) is 65.7 Å². The Bertz CT molecular complexity index is 1400. The van der Waals surface area contributed by atoms with Gasteiger partial charge in [0.15, 0.2) is 15.0 Å². The van der Waals surface area contributed by atoms with Crippen LogP contribution in [0.4, 0.5) is 5.13 Å². The van der Waals surface area contributed by atoms with Crippen molar-refractivity contribution in [3.05, 3.63) is 77.6 Å². The standard InChI is InChI=1S/C24H23N3O4S2/c1-16-7-12-20(31-2)22-23(16)32-24(26-22)27(15-18-6-4-5-13-25-18)21(28)14-17-8-10-19(11-9-17)33(3,29)30/h4-13H,14-15H2,1-3H3. The molecule has 2 aromatic carbocycles. The number of rotatable bonds is 7. The average molecular weight is 482 g/mol. The molecule has 0 unspecified atom stereocenters. The lowest BCUT2D eigenvalue weighted by Crippen LogP contribution is -2.32. The Kier molecular flexibility index (Phi) is 6.44. The highest BCUT2D eigenvalue weighted by atomic mass is 32.2. The molecule has 2 aromatic heterocycles. The van der Waals surface area contributed by atoms with Gasteiger partial charge in [0.2, 0.25) is 5.91 Å². The van der Waals surface area contributed by atoms with Gasteiger partial charge in [0.1, 0.15) is 11.3 Å². The quantitative estimate of drug-likeness (QED) is 0.393. The third-order valence-electron chi connectivity index (χ3n) is 5.20. The third-order valence-corrected chi connectivity index (χ3v) is 7.54. The minimum absolute atomic E-state index is 0.100. The van der Waals surface area contributed by atoms with Crippen LogP contribution < -0.4 is 9.64 Å².